The Balaban J connectivity index is 2.02. The van der Waals surface area contributed by atoms with Gasteiger partial charge in [0.25, 0.3) is 5.91 Å². The van der Waals surface area contributed by atoms with Crippen LogP contribution >= 0.6 is 23.4 Å². The summed E-state index contributed by atoms with van der Waals surface area (Å²) in [4.78, 5) is 17.5. The molecule has 0 saturated carbocycles. The van der Waals surface area contributed by atoms with E-state index in [2.05, 4.69) is 51.9 Å². The SMILES string of the molecule is CC(C)(C)c1cc(/C=C2\SC(=Nc3ccccc3Cl)NC2=O)cc(C(C)(C)C)c1O. The van der Waals surface area contributed by atoms with Crippen LogP contribution in [0.4, 0.5) is 5.69 Å². The van der Waals surface area contributed by atoms with Gasteiger partial charge < -0.3 is 10.4 Å². The molecule has 1 amide bonds. The molecule has 0 aliphatic carbocycles. The normalized spacial score (nSPS) is 17.6. The highest BCUT2D eigenvalue weighted by molar-refractivity contribution is 8.18. The van der Waals surface area contributed by atoms with Crippen LogP contribution in [-0.4, -0.2) is 16.2 Å². The van der Waals surface area contributed by atoms with Gasteiger partial charge in [0.2, 0.25) is 0 Å². The number of nitrogens with zero attached hydrogens (tertiary/aromatic N) is 1. The highest BCUT2D eigenvalue weighted by atomic mass is 35.5. The lowest BCUT2D eigenvalue weighted by atomic mass is 9.78. The summed E-state index contributed by atoms with van der Waals surface area (Å²) in [6, 6.07) is 11.2. The fourth-order valence-electron chi connectivity index (χ4n) is 3.17. The molecular weight excluding hydrogens is 416 g/mol. The number of hydrogen-bond donors (Lipinski definition) is 2. The molecule has 1 saturated heterocycles. The molecule has 2 aromatic carbocycles. The third-order valence-electron chi connectivity index (χ3n) is 4.77. The average molecular weight is 443 g/mol. The van der Waals surface area contributed by atoms with Gasteiger partial charge in [-0.25, -0.2) is 4.99 Å². The molecule has 158 valence electrons. The minimum Gasteiger partial charge on any atom is -0.507 e. The Kier molecular flexibility index (Phi) is 6.08. The van der Waals surface area contributed by atoms with Crippen LogP contribution < -0.4 is 5.32 Å². The molecule has 2 aromatic rings. The van der Waals surface area contributed by atoms with E-state index in [1.54, 1.807) is 12.1 Å². The van der Waals surface area contributed by atoms with Crippen LogP contribution in [-0.2, 0) is 15.6 Å². The van der Waals surface area contributed by atoms with Gasteiger partial charge in [0.05, 0.1) is 15.6 Å². The van der Waals surface area contributed by atoms with E-state index in [1.807, 2.05) is 30.3 Å². The van der Waals surface area contributed by atoms with Crippen LogP contribution in [0.5, 0.6) is 5.75 Å². The second-order valence-electron chi connectivity index (χ2n) is 9.40. The number of carbonyl (C=O) groups excluding carboxylic acids is 1. The van der Waals surface area contributed by atoms with Crippen LogP contribution in [0.1, 0.15) is 58.2 Å². The van der Waals surface area contributed by atoms with Crippen LogP contribution in [0.3, 0.4) is 0 Å². The Hall–Kier alpha value is -2.24. The molecule has 0 aromatic heterocycles. The van der Waals surface area contributed by atoms with Crippen molar-refractivity contribution in [3.05, 3.63) is 63.0 Å². The zero-order valence-corrected chi connectivity index (χ0v) is 19.7. The zero-order valence-electron chi connectivity index (χ0n) is 18.1. The number of amidine groups is 1. The van der Waals surface area contributed by atoms with Crippen molar-refractivity contribution in [3.8, 4) is 5.75 Å². The van der Waals surface area contributed by atoms with Crippen molar-refractivity contribution in [3.63, 3.8) is 0 Å². The van der Waals surface area contributed by atoms with E-state index in [1.165, 1.54) is 11.8 Å². The van der Waals surface area contributed by atoms with Crippen molar-refractivity contribution in [2.45, 2.75) is 52.4 Å². The number of thioether (sulfide) groups is 1. The smallest absolute Gasteiger partial charge is 0.264 e. The number of benzene rings is 2. The Labute approximate surface area is 187 Å². The molecule has 3 rings (SSSR count). The third-order valence-corrected chi connectivity index (χ3v) is 6.00. The van der Waals surface area contributed by atoms with Gasteiger partial charge in [-0.2, -0.15) is 0 Å². The minimum absolute atomic E-state index is 0.200. The highest BCUT2D eigenvalue weighted by Gasteiger charge is 2.28. The molecule has 0 bridgehead atoms. The van der Waals surface area contributed by atoms with Gasteiger partial charge in [0, 0.05) is 11.1 Å². The predicted octanol–water partition coefficient (Wildman–Crippen LogP) is 6.53. The Morgan fingerprint density at radius 3 is 2.13 bits per heavy atom. The number of para-hydroxylation sites is 1. The summed E-state index contributed by atoms with van der Waals surface area (Å²) in [5.74, 6) is 0.121. The summed E-state index contributed by atoms with van der Waals surface area (Å²) in [7, 11) is 0. The molecule has 2 N–H and O–H groups in total. The molecule has 4 nitrogen and oxygen atoms in total. The minimum atomic E-state index is -0.236. The molecule has 1 heterocycles. The van der Waals surface area contributed by atoms with E-state index >= 15 is 0 Å². The first-order chi connectivity index (χ1) is 13.9. The standard InChI is InChI=1S/C24H27ClN2O2S/c1-23(2,3)15-11-14(12-16(20(15)28)24(4,5)6)13-19-21(29)27-22(30-19)26-18-10-8-7-9-17(18)25/h7-13,28H,1-6H3,(H,26,27,29)/b19-13-. The van der Waals surface area contributed by atoms with Gasteiger partial charge in [-0.15, -0.1) is 0 Å². The first kappa shape index (κ1) is 22.4. The summed E-state index contributed by atoms with van der Waals surface area (Å²) in [5.41, 5.74) is 2.73. The zero-order chi connectivity index (χ0) is 22.3. The van der Waals surface area contributed by atoms with E-state index in [-0.39, 0.29) is 16.7 Å². The van der Waals surface area contributed by atoms with Crippen LogP contribution in [0.2, 0.25) is 5.02 Å². The van der Waals surface area contributed by atoms with Crippen molar-refractivity contribution < 1.29 is 9.90 Å². The van der Waals surface area contributed by atoms with Gasteiger partial charge in [-0.3, -0.25) is 4.79 Å². The number of halogens is 1. The predicted molar refractivity (Wildman–Crippen MR) is 128 cm³/mol. The van der Waals surface area contributed by atoms with Gasteiger partial charge in [-0.1, -0.05) is 65.3 Å². The summed E-state index contributed by atoms with van der Waals surface area (Å²) >= 11 is 7.45. The number of aromatic hydroxyl groups is 1. The van der Waals surface area contributed by atoms with Crippen molar-refractivity contribution in [2.75, 3.05) is 0 Å². The fourth-order valence-corrected chi connectivity index (χ4v) is 4.18. The molecule has 1 aliphatic heterocycles. The van der Waals surface area contributed by atoms with E-state index in [0.29, 0.717) is 26.5 Å². The van der Waals surface area contributed by atoms with E-state index in [9.17, 15) is 9.90 Å². The average Bonchev–Trinajstić information content (AvgIpc) is 2.95. The maximum atomic E-state index is 12.5. The van der Waals surface area contributed by atoms with Crippen LogP contribution in [0, 0.1) is 0 Å². The van der Waals surface area contributed by atoms with Crippen molar-refractivity contribution in [1.82, 2.24) is 5.32 Å². The summed E-state index contributed by atoms with van der Waals surface area (Å²) in [6.07, 6.45) is 1.85. The quantitative estimate of drug-likeness (QED) is 0.519. The molecular formula is C24H27ClN2O2S. The number of phenols is 1. The van der Waals surface area contributed by atoms with Crippen LogP contribution in [0.15, 0.2) is 46.3 Å². The fraction of sp³-hybridized carbons (Fsp3) is 0.333. The number of aliphatic imine (C=N–C) groups is 1. The molecule has 0 spiro atoms. The van der Waals surface area contributed by atoms with Gasteiger partial charge in [0.1, 0.15) is 5.75 Å². The maximum Gasteiger partial charge on any atom is 0.264 e. The number of phenolic OH excluding ortho intramolecular Hbond substituents is 1. The monoisotopic (exact) mass is 442 g/mol. The van der Waals surface area contributed by atoms with E-state index < -0.39 is 0 Å². The van der Waals surface area contributed by atoms with Gasteiger partial charge >= 0.3 is 0 Å². The van der Waals surface area contributed by atoms with Crippen molar-refractivity contribution in [1.29, 1.82) is 0 Å². The highest BCUT2D eigenvalue weighted by Crippen LogP contribution is 2.41. The summed E-state index contributed by atoms with van der Waals surface area (Å²) in [6.45, 7) is 12.4. The van der Waals surface area contributed by atoms with Crippen molar-refractivity contribution in [2.24, 2.45) is 4.99 Å². The van der Waals surface area contributed by atoms with E-state index in [0.717, 1.165) is 16.7 Å². The van der Waals surface area contributed by atoms with Crippen LogP contribution in [0.25, 0.3) is 6.08 Å². The second-order valence-corrected chi connectivity index (χ2v) is 10.8. The maximum absolute atomic E-state index is 12.5. The third kappa shape index (κ3) is 4.90. The first-order valence-corrected chi connectivity index (χ1v) is 11.0. The molecule has 0 unspecified atom stereocenters. The number of hydrogen-bond acceptors (Lipinski definition) is 4. The van der Waals surface area contributed by atoms with Gasteiger partial charge in [0.15, 0.2) is 5.17 Å². The number of amides is 1. The lowest BCUT2D eigenvalue weighted by Gasteiger charge is -2.28. The Bertz CT molecular complexity index is 1020. The number of nitrogens with one attached hydrogen (secondary N) is 1. The van der Waals surface area contributed by atoms with E-state index in [4.69, 9.17) is 11.6 Å². The van der Waals surface area contributed by atoms with Gasteiger partial charge in [-0.05, 0) is 58.5 Å². The molecule has 1 aliphatic rings. The number of rotatable bonds is 2. The molecule has 6 heteroatoms. The molecule has 30 heavy (non-hydrogen) atoms. The Morgan fingerprint density at radius 2 is 1.60 bits per heavy atom. The molecule has 0 radical (unpaired) electrons. The number of carbonyl (C=O) groups is 1. The molecule has 0 atom stereocenters. The summed E-state index contributed by atoms with van der Waals surface area (Å²) in [5, 5.41) is 14.7. The molecule has 1 fully saturated rings. The van der Waals surface area contributed by atoms with Crippen molar-refractivity contribution >= 4 is 46.2 Å². The lowest BCUT2D eigenvalue weighted by Crippen LogP contribution is -2.19. The first-order valence-electron chi connectivity index (χ1n) is 9.78. The Morgan fingerprint density at radius 1 is 1.03 bits per heavy atom. The summed E-state index contributed by atoms with van der Waals surface area (Å²) < 4.78 is 0. The topological polar surface area (TPSA) is 61.7 Å². The lowest BCUT2D eigenvalue weighted by molar-refractivity contribution is -0.115. The second kappa shape index (κ2) is 8.12. The largest absolute Gasteiger partial charge is 0.507 e.